The molecule has 3 rings (SSSR count). The number of aliphatic imine (C=N–C) groups is 1. The first-order chi connectivity index (χ1) is 23.0. The van der Waals surface area contributed by atoms with Gasteiger partial charge < -0.3 is 46.4 Å². The fourth-order valence-corrected chi connectivity index (χ4v) is 8.94. The van der Waals surface area contributed by atoms with Crippen LogP contribution < -0.4 is 17.2 Å². The first-order valence-corrected chi connectivity index (χ1v) is 18.8. The Bertz CT molecular complexity index is 977. The van der Waals surface area contributed by atoms with Crippen molar-refractivity contribution in [1.29, 1.82) is 0 Å². The van der Waals surface area contributed by atoms with Gasteiger partial charge in [-0.15, -0.1) is 0 Å². The van der Waals surface area contributed by atoms with Gasteiger partial charge in [0.25, 0.3) is 0 Å². The van der Waals surface area contributed by atoms with E-state index in [1.807, 2.05) is 0 Å². The minimum Gasteiger partial charge on any atom is -0.396 e. The van der Waals surface area contributed by atoms with E-state index in [-0.39, 0.29) is 90.2 Å². The van der Waals surface area contributed by atoms with Gasteiger partial charge in [-0.25, -0.2) is 0 Å². The summed E-state index contributed by atoms with van der Waals surface area (Å²) in [7, 11) is 0. The van der Waals surface area contributed by atoms with Crippen molar-refractivity contribution in [3.05, 3.63) is 0 Å². The van der Waals surface area contributed by atoms with Gasteiger partial charge in [0.15, 0.2) is 5.96 Å². The van der Waals surface area contributed by atoms with E-state index in [4.69, 9.17) is 31.4 Å². The van der Waals surface area contributed by atoms with Crippen LogP contribution in [0.5, 0.6) is 0 Å². The van der Waals surface area contributed by atoms with Crippen LogP contribution in [0.3, 0.4) is 0 Å². The lowest BCUT2D eigenvalue weighted by atomic mass is 9.73. The third-order valence-corrected chi connectivity index (χ3v) is 11.5. The second-order valence-corrected chi connectivity index (χ2v) is 15.9. The molecule has 0 aromatic heterocycles. The fourth-order valence-electron chi connectivity index (χ4n) is 8.94. The molecule has 0 bridgehead atoms. The summed E-state index contributed by atoms with van der Waals surface area (Å²) in [5, 5.41) is 20.7. The molecule has 0 saturated heterocycles. The van der Waals surface area contributed by atoms with Crippen molar-refractivity contribution in [2.75, 3.05) is 59.4 Å². The summed E-state index contributed by atoms with van der Waals surface area (Å²) < 4.78 is 18.5. The normalized spacial score (nSPS) is 32.8. The zero-order valence-corrected chi connectivity index (χ0v) is 30.2. The molecular formula is C37H68N4O7. The molecule has 0 amide bonds. The number of ether oxygens (including phenoxy) is 3. The Labute approximate surface area is 289 Å². The fraction of sp³-hybridized carbons (Fsp3) is 0.919. The smallest absolute Gasteiger partial charge is 0.185 e. The highest BCUT2D eigenvalue weighted by atomic mass is 16.5. The molecule has 3 fully saturated rings. The molecule has 0 heterocycles. The first-order valence-electron chi connectivity index (χ1n) is 18.8. The summed E-state index contributed by atoms with van der Waals surface area (Å²) >= 11 is 0. The summed E-state index contributed by atoms with van der Waals surface area (Å²) in [5.41, 5.74) is 17.1. The van der Waals surface area contributed by atoms with Crippen molar-refractivity contribution in [2.24, 2.45) is 93.2 Å². The third kappa shape index (κ3) is 11.7. The lowest BCUT2D eigenvalue weighted by Crippen LogP contribution is -2.38. The van der Waals surface area contributed by atoms with Crippen molar-refractivity contribution >= 4 is 18.0 Å². The number of aliphatic hydroxyl groups is 2. The van der Waals surface area contributed by atoms with Crippen LogP contribution in [-0.2, 0) is 23.8 Å². The summed E-state index contributed by atoms with van der Waals surface area (Å²) in [6, 6.07) is -0.146. The van der Waals surface area contributed by atoms with Crippen LogP contribution in [0.1, 0.15) is 79.1 Å². The van der Waals surface area contributed by atoms with E-state index in [0.29, 0.717) is 70.9 Å². The number of ketones is 1. The van der Waals surface area contributed by atoms with Crippen molar-refractivity contribution in [2.45, 2.75) is 85.1 Å². The third-order valence-electron chi connectivity index (χ3n) is 11.5. The van der Waals surface area contributed by atoms with Crippen molar-refractivity contribution in [1.82, 2.24) is 0 Å². The van der Waals surface area contributed by atoms with Crippen LogP contribution in [0.25, 0.3) is 0 Å². The number of aliphatic hydroxyl groups excluding tert-OH is 2. The van der Waals surface area contributed by atoms with Gasteiger partial charge in [0.2, 0.25) is 0 Å². The molecule has 0 spiro atoms. The van der Waals surface area contributed by atoms with Crippen molar-refractivity contribution in [3.63, 3.8) is 0 Å². The van der Waals surface area contributed by atoms with E-state index >= 15 is 0 Å². The number of rotatable bonds is 23. The van der Waals surface area contributed by atoms with E-state index in [2.05, 4.69) is 32.7 Å². The number of nitrogens with zero attached hydrogens (tertiary/aromatic N) is 1. The van der Waals surface area contributed by atoms with Gasteiger partial charge in [-0.1, -0.05) is 27.7 Å². The lowest BCUT2D eigenvalue weighted by molar-refractivity contribution is -0.130. The molecule has 3 aliphatic carbocycles. The SMILES string of the molecule is CC(C)CCOCC1C(COCC(N)CCCN=C(N)N)CC(C=O)C1C1CCC(C2C(CO)CC(CO)C2COCCC(C)C)C1=O. The van der Waals surface area contributed by atoms with Crippen LogP contribution in [0.15, 0.2) is 4.99 Å². The standard InChI is InChI=1S/C37H68N4O7/c1-23(2)9-12-46-21-32-25(16-42)14-26(17-43)34(32)30-7-8-31(36(30)45)35-27(18-44)15-28(33(35)22-47-13-10-24(3)4)19-48-20-29(38)6-5-11-41-37(39)40/h18,23-35,42-43H,5-17,19-22,38H2,1-4H3,(H4,39,40,41). The largest absolute Gasteiger partial charge is 0.396 e. The second kappa shape index (κ2) is 20.9. The molecule has 8 N–H and O–H groups in total. The number of carbonyl (C=O) groups excluding carboxylic acids is 2. The van der Waals surface area contributed by atoms with Gasteiger partial charge in [0.05, 0.1) is 19.8 Å². The molecule has 11 heteroatoms. The first kappa shape index (κ1) is 40.8. The van der Waals surface area contributed by atoms with E-state index in [9.17, 15) is 19.8 Å². The van der Waals surface area contributed by atoms with Gasteiger partial charge in [-0.3, -0.25) is 9.79 Å². The Morgan fingerprint density at radius 2 is 1.42 bits per heavy atom. The molecule has 0 radical (unpaired) electrons. The number of aldehydes is 1. The molecule has 3 saturated carbocycles. The zero-order chi connectivity index (χ0) is 35.2. The highest BCUT2D eigenvalue weighted by Crippen LogP contribution is 2.54. The maximum absolute atomic E-state index is 14.5. The number of hydrogen-bond donors (Lipinski definition) is 5. The predicted octanol–water partition coefficient (Wildman–Crippen LogP) is 3.03. The molecule has 11 nitrogen and oxygen atoms in total. The molecule has 3 aliphatic rings. The van der Waals surface area contributed by atoms with E-state index in [0.717, 1.165) is 44.8 Å². The summed E-state index contributed by atoms with van der Waals surface area (Å²) in [6.07, 6.45) is 7.30. The Morgan fingerprint density at radius 3 is 1.96 bits per heavy atom. The van der Waals surface area contributed by atoms with Gasteiger partial charge in [-0.05, 0) is 105 Å². The van der Waals surface area contributed by atoms with Gasteiger partial charge >= 0.3 is 0 Å². The number of nitrogens with two attached hydrogens (primary N) is 3. The van der Waals surface area contributed by atoms with E-state index in [1.54, 1.807) is 0 Å². The van der Waals surface area contributed by atoms with E-state index < -0.39 is 0 Å². The Hall–Kier alpha value is -1.63. The molecular weight excluding hydrogens is 612 g/mol. The number of Topliss-reactive ketones (excluding diaryl/α,β-unsaturated/α-hetero) is 1. The monoisotopic (exact) mass is 681 g/mol. The molecule has 0 aromatic carbocycles. The Balaban J connectivity index is 1.73. The topological polar surface area (TPSA) is 193 Å². The van der Waals surface area contributed by atoms with E-state index in [1.165, 1.54) is 0 Å². The van der Waals surface area contributed by atoms with Crippen molar-refractivity contribution < 1.29 is 34.0 Å². The molecule has 11 atom stereocenters. The van der Waals surface area contributed by atoms with Crippen LogP contribution in [-0.4, -0.2) is 93.7 Å². The van der Waals surface area contributed by atoms with Crippen LogP contribution in [0.4, 0.5) is 0 Å². The Morgan fingerprint density at radius 1 is 0.833 bits per heavy atom. The summed E-state index contributed by atoms with van der Waals surface area (Å²) in [5.74, 6) is 0.631. The van der Waals surface area contributed by atoms with Gasteiger partial charge in [0, 0.05) is 63.4 Å². The van der Waals surface area contributed by atoms with Gasteiger partial charge in [-0.2, -0.15) is 0 Å². The maximum atomic E-state index is 14.5. The predicted molar refractivity (Wildman–Crippen MR) is 188 cm³/mol. The van der Waals surface area contributed by atoms with Gasteiger partial charge in [0.1, 0.15) is 12.1 Å². The summed E-state index contributed by atoms with van der Waals surface area (Å²) in [4.78, 5) is 31.1. The molecule has 0 aliphatic heterocycles. The minimum atomic E-state index is -0.240. The van der Waals surface area contributed by atoms with Crippen LogP contribution in [0.2, 0.25) is 0 Å². The minimum absolute atomic E-state index is 0.000648. The average molecular weight is 681 g/mol. The van der Waals surface area contributed by atoms with Crippen LogP contribution >= 0.6 is 0 Å². The number of carbonyl (C=O) groups is 2. The molecule has 278 valence electrons. The zero-order valence-electron chi connectivity index (χ0n) is 30.2. The lowest BCUT2D eigenvalue weighted by Gasteiger charge is -2.33. The second-order valence-electron chi connectivity index (χ2n) is 15.9. The highest BCUT2D eigenvalue weighted by molar-refractivity contribution is 5.86. The van der Waals surface area contributed by atoms with Crippen LogP contribution in [0, 0.1) is 71.0 Å². The number of guanidine groups is 1. The molecule has 0 aromatic rings. The van der Waals surface area contributed by atoms with Crippen molar-refractivity contribution in [3.8, 4) is 0 Å². The summed E-state index contributed by atoms with van der Waals surface area (Å²) in [6.45, 7) is 12.4. The Kier molecular flexibility index (Phi) is 17.8. The molecule has 11 unspecified atom stereocenters. The highest BCUT2D eigenvalue weighted by Gasteiger charge is 2.56. The molecule has 48 heavy (non-hydrogen) atoms. The maximum Gasteiger partial charge on any atom is 0.185 e. The quantitative estimate of drug-likeness (QED) is 0.0464. The average Bonchev–Trinajstić information content (AvgIpc) is 3.70. The number of hydrogen-bond acceptors (Lipinski definition) is 9.